The van der Waals surface area contributed by atoms with Gasteiger partial charge in [-0.05, 0) is 24.3 Å². The zero-order chi connectivity index (χ0) is 15.0. The lowest BCUT2D eigenvalue weighted by Crippen LogP contribution is -2.13. The Labute approximate surface area is 126 Å². The molecule has 0 N–H and O–H groups in total. The Morgan fingerprint density at radius 2 is 1.95 bits per heavy atom. The molecule has 1 heterocycles. The molecule has 7 heteroatoms. The molecule has 0 fully saturated rings. The summed E-state index contributed by atoms with van der Waals surface area (Å²) in [5.74, 6) is 0.195. The van der Waals surface area contributed by atoms with Crippen LogP contribution in [-0.2, 0) is 10.0 Å². The second-order valence-electron chi connectivity index (χ2n) is 4.33. The first-order chi connectivity index (χ1) is 10.0. The van der Waals surface area contributed by atoms with E-state index in [0.717, 1.165) is 3.97 Å². The number of hydrogen-bond donors (Lipinski definition) is 0. The Bertz CT molecular complexity index is 919. The van der Waals surface area contributed by atoms with Gasteiger partial charge in [0.1, 0.15) is 17.0 Å². The van der Waals surface area contributed by atoms with Gasteiger partial charge in [-0.15, -0.1) is 0 Å². The lowest BCUT2D eigenvalue weighted by molar-refractivity contribution is 0.402. The molecule has 0 spiro atoms. The highest BCUT2D eigenvalue weighted by Gasteiger charge is 2.23. The summed E-state index contributed by atoms with van der Waals surface area (Å²) in [4.78, 5) is 4.14. The minimum absolute atomic E-state index is 0.0394. The topological polar surface area (TPSA) is 61.2 Å². The number of benzene rings is 2. The second kappa shape index (κ2) is 5.05. The van der Waals surface area contributed by atoms with Gasteiger partial charge in [0.05, 0.1) is 18.1 Å². The van der Waals surface area contributed by atoms with Crippen molar-refractivity contribution < 1.29 is 13.2 Å². The number of ether oxygens (including phenoxy) is 1. The van der Waals surface area contributed by atoms with Gasteiger partial charge in [-0.1, -0.05) is 23.7 Å². The molecule has 0 radical (unpaired) electrons. The molecular weight excluding hydrogens is 312 g/mol. The summed E-state index contributed by atoms with van der Waals surface area (Å²) in [5, 5.41) is 0.404. The van der Waals surface area contributed by atoms with E-state index in [1.165, 1.54) is 31.6 Å². The maximum absolute atomic E-state index is 12.8. The molecule has 0 aliphatic heterocycles. The minimum atomic E-state index is -3.81. The van der Waals surface area contributed by atoms with Crippen molar-refractivity contribution in [1.82, 2.24) is 8.96 Å². The second-order valence-corrected chi connectivity index (χ2v) is 6.55. The van der Waals surface area contributed by atoms with E-state index in [9.17, 15) is 8.42 Å². The third kappa shape index (κ3) is 2.26. The highest BCUT2D eigenvalue weighted by molar-refractivity contribution is 7.90. The molecule has 0 aliphatic carbocycles. The van der Waals surface area contributed by atoms with Gasteiger partial charge in [0, 0.05) is 11.1 Å². The van der Waals surface area contributed by atoms with Gasteiger partial charge in [0.25, 0.3) is 10.0 Å². The third-order valence-electron chi connectivity index (χ3n) is 3.08. The number of para-hydroxylation sites is 2. The molecule has 2 aromatic carbocycles. The van der Waals surface area contributed by atoms with Gasteiger partial charge < -0.3 is 4.74 Å². The van der Waals surface area contributed by atoms with Crippen molar-refractivity contribution in [1.29, 1.82) is 0 Å². The average molecular weight is 323 g/mol. The number of imidazole rings is 1. The van der Waals surface area contributed by atoms with Crippen LogP contribution in [-0.4, -0.2) is 24.5 Å². The predicted molar refractivity (Wildman–Crippen MR) is 80.3 cm³/mol. The maximum atomic E-state index is 12.8. The monoisotopic (exact) mass is 322 g/mol. The average Bonchev–Trinajstić information content (AvgIpc) is 2.91. The number of hydrogen-bond acceptors (Lipinski definition) is 4. The molecule has 1 aromatic heterocycles. The van der Waals surface area contributed by atoms with E-state index in [-0.39, 0.29) is 10.6 Å². The van der Waals surface area contributed by atoms with Crippen LogP contribution in [0.15, 0.2) is 53.7 Å². The van der Waals surface area contributed by atoms with Crippen molar-refractivity contribution in [3.8, 4) is 5.75 Å². The van der Waals surface area contributed by atoms with Gasteiger partial charge in [-0.3, -0.25) is 0 Å². The van der Waals surface area contributed by atoms with Crippen LogP contribution >= 0.6 is 11.6 Å². The van der Waals surface area contributed by atoms with Gasteiger partial charge in [-0.2, -0.15) is 0 Å². The van der Waals surface area contributed by atoms with Crippen LogP contribution in [0, 0.1) is 0 Å². The van der Waals surface area contributed by atoms with E-state index in [0.29, 0.717) is 16.1 Å². The van der Waals surface area contributed by atoms with Crippen molar-refractivity contribution in [2.75, 3.05) is 7.11 Å². The fraction of sp³-hybridized carbons (Fsp3) is 0.0714. The smallest absolute Gasteiger partial charge is 0.273 e. The number of methoxy groups -OCH3 is 1. The lowest BCUT2D eigenvalue weighted by atomic mass is 10.3. The summed E-state index contributed by atoms with van der Waals surface area (Å²) in [7, 11) is -2.41. The van der Waals surface area contributed by atoms with Crippen LogP contribution in [0.25, 0.3) is 11.0 Å². The normalized spacial score (nSPS) is 11.7. The van der Waals surface area contributed by atoms with Crippen molar-refractivity contribution in [2.45, 2.75) is 4.90 Å². The van der Waals surface area contributed by atoms with Crippen LogP contribution < -0.4 is 4.74 Å². The molecule has 3 rings (SSSR count). The Kier molecular flexibility index (Phi) is 3.35. The van der Waals surface area contributed by atoms with E-state index in [1.807, 2.05) is 0 Å². The van der Waals surface area contributed by atoms with Crippen LogP contribution in [0.4, 0.5) is 0 Å². The number of rotatable bonds is 3. The van der Waals surface area contributed by atoms with Crippen molar-refractivity contribution in [2.24, 2.45) is 0 Å². The summed E-state index contributed by atoms with van der Waals surface area (Å²) in [5.41, 5.74) is 1.11. The van der Waals surface area contributed by atoms with Crippen molar-refractivity contribution in [3.05, 3.63) is 53.8 Å². The van der Waals surface area contributed by atoms with E-state index in [1.54, 1.807) is 24.3 Å². The molecule has 0 unspecified atom stereocenters. The quantitative estimate of drug-likeness (QED) is 0.744. The highest BCUT2D eigenvalue weighted by atomic mass is 35.5. The molecule has 0 bridgehead atoms. The number of aromatic nitrogens is 2. The van der Waals surface area contributed by atoms with E-state index < -0.39 is 10.0 Å². The van der Waals surface area contributed by atoms with Crippen LogP contribution in [0.1, 0.15) is 0 Å². The molecule has 108 valence electrons. The molecule has 0 amide bonds. The van der Waals surface area contributed by atoms with Gasteiger partial charge in [0.2, 0.25) is 0 Å². The van der Waals surface area contributed by atoms with E-state index >= 15 is 0 Å². The summed E-state index contributed by atoms with van der Waals surface area (Å²) in [6, 6.07) is 11.4. The summed E-state index contributed by atoms with van der Waals surface area (Å²) < 4.78 is 31.9. The molecular formula is C14H11ClN2O3S. The molecule has 0 saturated heterocycles. The van der Waals surface area contributed by atoms with Gasteiger partial charge in [-0.25, -0.2) is 17.4 Å². The zero-order valence-electron chi connectivity index (χ0n) is 11.0. The molecule has 3 aromatic rings. The standard InChI is InChI=1S/C14H11ClN2O3S/c1-20-13-8-10(15)6-7-14(13)21(18,19)17-9-16-11-4-2-3-5-12(11)17/h2-9H,1H3. The van der Waals surface area contributed by atoms with Gasteiger partial charge in [0.15, 0.2) is 0 Å². The first kappa shape index (κ1) is 13.9. The highest BCUT2D eigenvalue weighted by Crippen LogP contribution is 2.30. The van der Waals surface area contributed by atoms with Crippen LogP contribution in [0.2, 0.25) is 5.02 Å². The fourth-order valence-electron chi connectivity index (χ4n) is 2.09. The SMILES string of the molecule is COc1cc(Cl)ccc1S(=O)(=O)n1cnc2ccccc21. The van der Waals surface area contributed by atoms with Crippen LogP contribution in [0.3, 0.4) is 0 Å². The zero-order valence-corrected chi connectivity index (χ0v) is 12.6. The first-order valence-corrected chi connectivity index (χ1v) is 7.87. The summed E-state index contributed by atoms with van der Waals surface area (Å²) in [6.07, 6.45) is 1.29. The van der Waals surface area contributed by atoms with E-state index in [4.69, 9.17) is 16.3 Å². The summed E-state index contributed by atoms with van der Waals surface area (Å²) in [6.45, 7) is 0. The molecule has 0 atom stereocenters. The minimum Gasteiger partial charge on any atom is -0.495 e. The Morgan fingerprint density at radius 3 is 2.71 bits per heavy atom. The largest absolute Gasteiger partial charge is 0.495 e. The van der Waals surface area contributed by atoms with Crippen molar-refractivity contribution in [3.63, 3.8) is 0 Å². The molecule has 0 saturated carbocycles. The van der Waals surface area contributed by atoms with Crippen molar-refractivity contribution >= 4 is 32.7 Å². The predicted octanol–water partition coefficient (Wildman–Crippen LogP) is 2.94. The Morgan fingerprint density at radius 1 is 1.19 bits per heavy atom. The maximum Gasteiger partial charge on any atom is 0.273 e. The number of nitrogens with zero attached hydrogens (tertiary/aromatic N) is 2. The number of fused-ring (bicyclic) bond motifs is 1. The van der Waals surface area contributed by atoms with Crippen LogP contribution in [0.5, 0.6) is 5.75 Å². The van der Waals surface area contributed by atoms with E-state index in [2.05, 4.69) is 4.98 Å². The molecule has 0 aliphatic rings. The molecule has 5 nitrogen and oxygen atoms in total. The lowest BCUT2D eigenvalue weighted by Gasteiger charge is -2.11. The first-order valence-electron chi connectivity index (χ1n) is 6.05. The van der Waals surface area contributed by atoms with Gasteiger partial charge >= 0.3 is 0 Å². The molecule has 21 heavy (non-hydrogen) atoms. The number of halogens is 1. The Balaban J connectivity index is 2.26. The summed E-state index contributed by atoms with van der Waals surface area (Å²) >= 11 is 5.87. The Hall–Kier alpha value is -2.05. The fourth-order valence-corrected chi connectivity index (χ4v) is 3.68. The third-order valence-corrected chi connectivity index (χ3v) is 5.02.